The van der Waals surface area contributed by atoms with Crippen LogP contribution in [0.4, 0.5) is 0 Å². The lowest BCUT2D eigenvalue weighted by Crippen LogP contribution is -1.99. The molecular weight excluding hydrogens is 447 g/mol. The summed E-state index contributed by atoms with van der Waals surface area (Å²) in [6, 6.07) is 13.6. The van der Waals surface area contributed by atoms with E-state index < -0.39 is 5.97 Å². The average Bonchev–Trinajstić information content (AvgIpc) is 2.45. The lowest BCUT2D eigenvalue weighted by molar-refractivity contribution is -0.131. The highest BCUT2D eigenvalue weighted by molar-refractivity contribution is 14.1. The summed E-state index contributed by atoms with van der Waals surface area (Å²) in [5, 5.41) is 8.77. The minimum Gasteiger partial charge on any atom is -0.487 e. The molecule has 2 rings (SSSR count). The summed E-state index contributed by atoms with van der Waals surface area (Å²) in [5.41, 5.74) is 1.79. The maximum atomic E-state index is 10.7. The van der Waals surface area contributed by atoms with Crippen molar-refractivity contribution in [2.45, 2.75) is 6.61 Å². The maximum Gasteiger partial charge on any atom is 0.328 e. The summed E-state index contributed by atoms with van der Waals surface area (Å²) < 4.78 is 7.67. The molecule has 0 saturated heterocycles. The van der Waals surface area contributed by atoms with Crippen LogP contribution in [0.25, 0.3) is 6.08 Å². The van der Waals surface area contributed by atoms with Crippen molar-refractivity contribution in [2.24, 2.45) is 0 Å². The molecule has 0 saturated carbocycles. The number of rotatable bonds is 5. The van der Waals surface area contributed by atoms with Crippen molar-refractivity contribution in [1.82, 2.24) is 0 Å². The van der Waals surface area contributed by atoms with E-state index in [4.69, 9.17) is 9.84 Å². The predicted octanol–water partition coefficient (Wildman–Crippen LogP) is 4.73. The molecule has 0 amide bonds. The molecule has 0 aromatic heterocycles. The summed E-state index contributed by atoms with van der Waals surface area (Å²) in [5.74, 6) is -0.306. The second-order valence-corrected chi connectivity index (χ2v) is 6.33. The lowest BCUT2D eigenvalue weighted by Gasteiger charge is -2.12. The van der Waals surface area contributed by atoms with Gasteiger partial charge in [-0.05, 0) is 46.4 Å². The fraction of sp³-hybridized carbons (Fsp3) is 0.0625. The Bertz CT molecular complexity index is 669. The molecule has 3 nitrogen and oxygen atoms in total. The van der Waals surface area contributed by atoms with Crippen LogP contribution in [0.1, 0.15) is 11.1 Å². The summed E-state index contributed by atoms with van der Waals surface area (Å²) in [6.07, 6.45) is 2.64. The average molecular weight is 459 g/mol. The Morgan fingerprint density at radius 1 is 1.29 bits per heavy atom. The molecule has 0 spiro atoms. The zero-order valence-electron chi connectivity index (χ0n) is 10.9. The lowest BCUT2D eigenvalue weighted by atomic mass is 10.2. The van der Waals surface area contributed by atoms with Crippen molar-refractivity contribution in [2.75, 3.05) is 0 Å². The minimum absolute atomic E-state index is 0.437. The van der Waals surface area contributed by atoms with E-state index in [1.54, 1.807) is 0 Å². The molecule has 0 unspecified atom stereocenters. The zero-order chi connectivity index (χ0) is 15.2. The number of carboxylic acid groups (broad SMARTS) is 1. The Kier molecular flexibility index (Phi) is 5.81. The zero-order valence-corrected chi connectivity index (χ0v) is 14.7. The first-order valence-corrected chi connectivity index (χ1v) is 8.00. The third kappa shape index (κ3) is 4.86. The normalized spacial score (nSPS) is 10.8. The van der Waals surface area contributed by atoms with E-state index in [9.17, 15) is 4.79 Å². The Labute approximate surface area is 144 Å². The maximum absolute atomic E-state index is 10.7. The summed E-state index contributed by atoms with van der Waals surface area (Å²) >= 11 is 5.58. The van der Waals surface area contributed by atoms with Crippen molar-refractivity contribution < 1.29 is 14.6 Å². The van der Waals surface area contributed by atoms with Crippen LogP contribution in [0, 0.1) is 3.57 Å². The van der Waals surface area contributed by atoms with E-state index in [-0.39, 0.29) is 0 Å². The largest absolute Gasteiger partial charge is 0.487 e. The smallest absolute Gasteiger partial charge is 0.328 e. The highest BCUT2D eigenvalue weighted by Gasteiger charge is 2.09. The molecule has 5 heteroatoms. The summed E-state index contributed by atoms with van der Waals surface area (Å²) in [6.45, 7) is 0.437. The van der Waals surface area contributed by atoms with E-state index in [1.165, 1.54) is 6.08 Å². The van der Waals surface area contributed by atoms with E-state index in [0.717, 1.165) is 25.2 Å². The van der Waals surface area contributed by atoms with Crippen LogP contribution in [0.3, 0.4) is 0 Å². The van der Waals surface area contributed by atoms with Crippen molar-refractivity contribution in [3.8, 4) is 5.75 Å². The molecule has 0 aliphatic rings. The number of hydrogen-bond donors (Lipinski definition) is 1. The summed E-state index contributed by atoms with van der Waals surface area (Å²) in [7, 11) is 0. The van der Waals surface area contributed by atoms with Crippen LogP contribution in [0.15, 0.2) is 53.0 Å². The van der Waals surface area contributed by atoms with E-state index in [1.807, 2.05) is 42.5 Å². The fourth-order valence-corrected chi connectivity index (χ4v) is 3.45. The molecule has 0 heterocycles. The van der Waals surface area contributed by atoms with Gasteiger partial charge in [0.2, 0.25) is 0 Å². The molecule has 0 aliphatic heterocycles. The molecule has 0 bridgehead atoms. The van der Waals surface area contributed by atoms with Crippen LogP contribution in [0.2, 0.25) is 0 Å². The molecule has 0 aliphatic carbocycles. The van der Waals surface area contributed by atoms with Gasteiger partial charge in [0, 0.05) is 16.1 Å². The SMILES string of the molecule is O=C(O)C=Cc1cc(Br)cc(I)c1OCc1ccccc1. The molecule has 2 aromatic rings. The van der Waals surface area contributed by atoms with Crippen molar-refractivity contribution >= 4 is 50.6 Å². The first kappa shape index (κ1) is 16.0. The monoisotopic (exact) mass is 458 g/mol. The van der Waals surface area contributed by atoms with Gasteiger partial charge in [-0.1, -0.05) is 46.3 Å². The third-order valence-electron chi connectivity index (χ3n) is 2.67. The van der Waals surface area contributed by atoms with E-state index in [2.05, 4.69) is 38.5 Å². The standard InChI is InChI=1S/C16H12BrIO3/c17-13-8-12(6-7-15(19)20)16(14(18)9-13)21-10-11-4-2-1-3-5-11/h1-9H,10H2,(H,19,20). The fourth-order valence-electron chi connectivity index (χ4n) is 1.75. The van der Waals surface area contributed by atoms with Crippen LogP contribution in [-0.4, -0.2) is 11.1 Å². The van der Waals surface area contributed by atoms with Crippen molar-refractivity contribution in [1.29, 1.82) is 0 Å². The first-order valence-electron chi connectivity index (χ1n) is 6.13. The number of carbonyl (C=O) groups is 1. The number of hydrogen-bond acceptors (Lipinski definition) is 2. The van der Waals surface area contributed by atoms with Gasteiger partial charge in [0.1, 0.15) is 12.4 Å². The van der Waals surface area contributed by atoms with Gasteiger partial charge >= 0.3 is 5.97 Å². The van der Waals surface area contributed by atoms with Gasteiger partial charge in [0.25, 0.3) is 0 Å². The first-order chi connectivity index (χ1) is 10.1. The van der Waals surface area contributed by atoms with Gasteiger partial charge in [0.15, 0.2) is 0 Å². The topological polar surface area (TPSA) is 46.5 Å². The second kappa shape index (κ2) is 7.61. The number of benzene rings is 2. The Morgan fingerprint density at radius 2 is 2.00 bits per heavy atom. The molecule has 0 radical (unpaired) electrons. The number of ether oxygens (including phenoxy) is 1. The minimum atomic E-state index is -0.987. The number of halogens is 2. The Morgan fingerprint density at radius 3 is 2.67 bits per heavy atom. The molecular formula is C16H12BrIO3. The predicted molar refractivity (Wildman–Crippen MR) is 94.3 cm³/mol. The van der Waals surface area contributed by atoms with Gasteiger partial charge < -0.3 is 9.84 Å². The molecule has 108 valence electrons. The van der Waals surface area contributed by atoms with Gasteiger partial charge in [0.05, 0.1) is 3.57 Å². The molecule has 0 fully saturated rings. The van der Waals surface area contributed by atoms with E-state index in [0.29, 0.717) is 12.4 Å². The van der Waals surface area contributed by atoms with Crippen molar-refractivity contribution in [3.63, 3.8) is 0 Å². The molecule has 0 atom stereocenters. The van der Waals surface area contributed by atoms with Crippen LogP contribution < -0.4 is 4.74 Å². The van der Waals surface area contributed by atoms with Crippen LogP contribution in [-0.2, 0) is 11.4 Å². The summed E-state index contributed by atoms with van der Waals surface area (Å²) in [4.78, 5) is 10.7. The van der Waals surface area contributed by atoms with Crippen LogP contribution >= 0.6 is 38.5 Å². The van der Waals surface area contributed by atoms with Gasteiger partial charge in [-0.2, -0.15) is 0 Å². The molecule has 21 heavy (non-hydrogen) atoms. The third-order valence-corrected chi connectivity index (χ3v) is 3.93. The number of aliphatic carboxylic acids is 1. The molecule has 2 aromatic carbocycles. The Balaban J connectivity index is 2.26. The highest BCUT2D eigenvalue weighted by atomic mass is 127. The van der Waals surface area contributed by atoms with Gasteiger partial charge in [-0.3, -0.25) is 0 Å². The highest BCUT2D eigenvalue weighted by Crippen LogP contribution is 2.31. The van der Waals surface area contributed by atoms with Crippen molar-refractivity contribution in [3.05, 3.63) is 67.7 Å². The number of carboxylic acids is 1. The van der Waals surface area contributed by atoms with Gasteiger partial charge in [-0.15, -0.1) is 0 Å². The Hall–Kier alpha value is -1.34. The van der Waals surface area contributed by atoms with Gasteiger partial charge in [-0.25, -0.2) is 4.79 Å². The second-order valence-electron chi connectivity index (χ2n) is 4.25. The van der Waals surface area contributed by atoms with E-state index >= 15 is 0 Å². The van der Waals surface area contributed by atoms with Crippen LogP contribution in [0.5, 0.6) is 5.75 Å². The quantitative estimate of drug-likeness (QED) is 0.520. The molecule has 1 N–H and O–H groups in total.